The van der Waals surface area contributed by atoms with Gasteiger partial charge in [-0.25, -0.2) is 0 Å². The van der Waals surface area contributed by atoms with Gasteiger partial charge in [0.25, 0.3) is 0 Å². The highest BCUT2D eigenvalue weighted by Crippen LogP contribution is 2.16. The van der Waals surface area contributed by atoms with Gasteiger partial charge in [-0.05, 0) is 44.9 Å². The molecule has 0 aliphatic heterocycles. The first-order valence-electron chi connectivity index (χ1n) is 7.90. The summed E-state index contributed by atoms with van der Waals surface area (Å²) in [6.45, 7) is 6.68. The number of unbranched alkanes of at least 4 members (excludes halogenated alkanes) is 4. The van der Waals surface area contributed by atoms with Crippen LogP contribution in [0.25, 0.3) is 0 Å². The molecule has 0 aliphatic rings. The number of likely N-dealkylation sites (N-methyl/N-ethyl adjacent to an activating group) is 1. The minimum Gasteiger partial charge on any atom is -0.317 e. The van der Waals surface area contributed by atoms with Gasteiger partial charge in [0.05, 0.1) is 0 Å². The zero-order valence-electron chi connectivity index (χ0n) is 13.3. The minimum atomic E-state index is 0.627. The quantitative estimate of drug-likeness (QED) is 0.630. The van der Waals surface area contributed by atoms with Crippen LogP contribution in [0.1, 0.15) is 62.1 Å². The van der Waals surface area contributed by atoms with E-state index in [1.165, 1.54) is 55.2 Å². The molecule has 1 rings (SSSR count). The Morgan fingerprint density at radius 3 is 2.47 bits per heavy atom. The summed E-state index contributed by atoms with van der Waals surface area (Å²) in [4.78, 5) is 0. The fourth-order valence-electron chi connectivity index (χ4n) is 2.63. The van der Waals surface area contributed by atoms with E-state index in [2.05, 4.69) is 51.3 Å². The van der Waals surface area contributed by atoms with Gasteiger partial charge in [0.15, 0.2) is 0 Å². The average molecular weight is 261 g/mol. The highest BCUT2D eigenvalue weighted by molar-refractivity contribution is 5.31. The monoisotopic (exact) mass is 261 g/mol. The molecule has 1 heteroatoms. The number of rotatable bonds is 9. The predicted octanol–water partition coefficient (Wildman–Crippen LogP) is 4.79. The number of benzene rings is 1. The van der Waals surface area contributed by atoms with Gasteiger partial charge in [0.1, 0.15) is 0 Å². The smallest absolute Gasteiger partial charge is 0.0105 e. The van der Waals surface area contributed by atoms with Crippen molar-refractivity contribution in [2.75, 3.05) is 7.05 Å². The largest absolute Gasteiger partial charge is 0.317 e. The van der Waals surface area contributed by atoms with Gasteiger partial charge in [-0.15, -0.1) is 0 Å². The van der Waals surface area contributed by atoms with E-state index in [0.29, 0.717) is 6.04 Å². The lowest BCUT2D eigenvalue weighted by Crippen LogP contribution is -2.27. The van der Waals surface area contributed by atoms with E-state index in [9.17, 15) is 0 Å². The lowest BCUT2D eigenvalue weighted by atomic mass is 9.96. The van der Waals surface area contributed by atoms with Crippen LogP contribution in [-0.2, 0) is 6.42 Å². The third-order valence-corrected chi connectivity index (χ3v) is 4.04. The number of nitrogens with one attached hydrogen (secondary N) is 1. The first-order chi connectivity index (χ1) is 9.17. The molecule has 0 aromatic heterocycles. The molecule has 0 fully saturated rings. The van der Waals surface area contributed by atoms with E-state index in [4.69, 9.17) is 0 Å². The summed E-state index contributed by atoms with van der Waals surface area (Å²) in [6.07, 6.45) is 9.33. The SMILES string of the molecule is CCCCCCCC(Cc1cc(C)ccc1C)NC. The van der Waals surface area contributed by atoms with Crippen LogP contribution in [0.3, 0.4) is 0 Å². The van der Waals surface area contributed by atoms with Crippen LogP contribution in [0.5, 0.6) is 0 Å². The molecule has 0 amide bonds. The van der Waals surface area contributed by atoms with Crippen molar-refractivity contribution in [3.05, 3.63) is 34.9 Å². The van der Waals surface area contributed by atoms with Gasteiger partial charge in [0, 0.05) is 6.04 Å². The summed E-state index contributed by atoms with van der Waals surface area (Å²) in [6, 6.07) is 7.43. The molecule has 1 unspecified atom stereocenters. The third-order valence-electron chi connectivity index (χ3n) is 4.04. The Labute approximate surface area is 119 Å². The van der Waals surface area contributed by atoms with E-state index in [1.54, 1.807) is 0 Å². The van der Waals surface area contributed by atoms with Crippen molar-refractivity contribution < 1.29 is 0 Å². The second-order valence-electron chi connectivity index (χ2n) is 5.82. The van der Waals surface area contributed by atoms with Crippen LogP contribution in [0, 0.1) is 13.8 Å². The van der Waals surface area contributed by atoms with Crippen LogP contribution in [0.4, 0.5) is 0 Å². The van der Waals surface area contributed by atoms with E-state index < -0.39 is 0 Å². The van der Waals surface area contributed by atoms with Crippen LogP contribution in [0.15, 0.2) is 18.2 Å². The van der Waals surface area contributed by atoms with E-state index in [-0.39, 0.29) is 0 Å². The molecule has 1 aromatic rings. The lowest BCUT2D eigenvalue weighted by molar-refractivity contribution is 0.481. The maximum absolute atomic E-state index is 3.49. The van der Waals surface area contributed by atoms with Gasteiger partial charge in [-0.2, -0.15) is 0 Å². The summed E-state index contributed by atoms with van der Waals surface area (Å²) in [5, 5.41) is 3.49. The van der Waals surface area contributed by atoms with Crippen molar-refractivity contribution >= 4 is 0 Å². The second-order valence-corrected chi connectivity index (χ2v) is 5.82. The van der Waals surface area contributed by atoms with Crippen molar-refractivity contribution in [3.63, 3.8) is 0 Å². The summed E-state index contributed by atoms with van der Waals surface area (Å²) in [5.74, 6) is 0. The standard InChI is InChI=1S/C18H31N/c1-5-6-7-8-9-10-18(19-4)14-17-13-15(2)11-12-16(17)3/h11-13,18-19H,5-10,14H2,1-4H3. The normalized spacial score (nSPS) is 12.6. The molecular formula is C18H31N. The Morgan fingerprint density at radius 2 is 1.79 bits per heavy atom. The molecule has 0 aliphatic carbocycles. The molecule has 0 bridgehead atoms. The minimum absolute atomic E-state index is 0.627. The van der Waals surface area contributed by atoms with E-state index in [0.717, 1.165) is 6.42 Å². The van der Waals surface area contributed by atoms with Crippen LogP contribution in [0.2, 0.25) is 0 Å². The molecule has 0 radical (unpaired) electrons. The van der Waals surface area contributed by atoms with Crippen LogP contribution < -0.4 is 5.32 Å². The van der Waals surface area contributed by atoms with Crippen molar-refractivity contribution in [3.8, 4) is 0 Å². The number of hydrogen-bond acceptors (Lipinski definition) is 1. The Balaban J connectivity index is 2.41. The van der Waals surface area contributed by atoms with Gasteiger partial charge in [-0.3, -0.25) is 0 Å². The molecule has 19 heavy (non-hydrogen) atoms. The first kappa shape index (κ1) is 16.2. The second kappa shape index (κ2) is 9.14. The van der Waals surface area contributed by atoms with Crippen molar-refractivity contribution in [2.45, 2.75) is 71.8 Å². The predicted molar refractivity (Wildman–Crippen MR) is 85.8 cm³/mol. The van der Waals surface area contributed by atoms with Gasteiger partial charge in [-0.1, -0.05) is 62.8 Å². The van der Waals surface area contributed by atoms with Crippen molar-refractivity contribution in [1.82, 2.24) is 5.32 Å². The Kier molecular flexibility index (Phi) is 7.81. The Bertz CT molecular complexity index is 357. The molecule has 0 saturated heterocycles. The highest BCUT2D eigenvalue weighted by atomic mass is 14.9. The summed E-state index contributed by atoms with van der Waals surface area (Å²) < 4.78 is 0. The summed E-state index contributed by atoms with van der Waals surface area (Å²) >= 11 is 0. The van der Waals surface area contributed by atoms with Crippen LogP contribution in [-0.4, -0.2) is 13.1 Å². The van der Waals surface area contributed by atoms with E-state index >= 15 is 0 Å². The maximum atomic E-state index is 3.49. The van der Waals surface area contributed by atoms with Gasteiger partial charge >= 0.3 is 0 Å². The molecule has 1 N–H and O–H groups in total. The third kappa shape index (κ3) is 6.24. The summed E-state index contributed by atoms with van der Waals surface area (Å²) in [7, 11) is 2.10. The molecular weight excluding hydrogens is 230 g/mol. The molecule has 1 nitrogen and oxygen atoms in total. The molecule has 0 heterocycles. The molecule has 0 spiro atoms. The molecule has 0 saturated carbocycles. The molecule has 108 valence electrons. The highest BCUT2D eigenvalue weighted by Gasteiger charge is 2.09. The molecule has 1 aromatic carbocycles. The number of aryl methyl sites for hydroxylation is 2. The fraction of sp³-hybridized carbons (Fsp3) is 0.667. The van der Waals surface area contributed by atoms with Crippen LogP contribution >= 0.6 is 0 Å². The Hall–Kier alpha value is -0.820. The maximum Gasteiger partial charge on any atom is 0.0105 e. The molecule has 1 atom stereocenters. The van der Waals surface area contributed by atoms with Gasteiger partial charge < -0.3 is 5.32 Å². The zero-order chi connectivity index (χ0) is 14.1. The lowest BCUT2D eigenvalue weighted by Gasteiger charge is -2.18. The number of hydrogen-bond donors (Lipinski definition) is 1. The topological polar surface area (TPSA) is 12.0 Å². The average Bonchev–Trinajstić information content (AvgIpc) is 2.41. The van der Waals surface area contributed by atoms with Crippen molar-refractivity contribution in [2.24, 2.45) is 0 Å². The summed E-state index contributed by atoms with van der Waals surface area (Å²) in [5.41, 5.74) is 4.31. The Morgan fingerprint density at radius 1 is 1.05 bits per heavy atom. The van der Waals surface area contributed by atoms with Gasteiger partial charge in [0.2, 0.25) is 0 Å². The fourth-order valence-corrected chi connectivity index (χ4v) is 2.63. The first-order valence-corrected chi connectivity index (χ1v) is 7.90. The zero-order valence-corrected chi connectivity index (χ0v) is 13.3. The van der Waals surface area contributed by atoms with E-state index in [1.807, 2.05) is 0 Å². The van der Waals surface area contributed by atoms with Crippen molar-refractivity contribution in [1.29, 1.82) is 0 Å².